The Morgan fingerprint density at radius 1 is 1.24 bits per heavy atom. The number of aliphatic imine (C=N–C) groups is 1. The van der Waals surface area contributed by atoms with E-state index in [2.05, 4.69) is 53.5 Å². The zero-order valence-electron chi connectivity index (χ0n) is 15.0. The van der Waals surface area contributed by atoms with Gasteiger partial charge in [0.1, 0.15) is 0 Å². The van der Waals surface area contributed by atoms with Crippen LogP contribution in [0.25, 0.3) is 0 Å². The zero-order valence-corrected chi connectivity index (χ0v) is 18.2. The lowest BCUT2D eigenvalue weighted by Gasteiger charge is -2.12. The predicted molar refractivity (Wildman–Crippen MR) is 116 cm³/mol. The first-order valence-electron chi connectivity index (χ1n) is 8.37. The summed E-state index contributed by atoms with van der Waals surface area (Å²) in [6, 6.07) is 8.21. The zero-order chi connectivity index (χ0) is 17.2. The highest BCUT2D eigenvalue weighted by molar-refractivity contribution is 14.0. The van der Waals surface area contributed by atoms with Crippen LogP contribution in [0.15, 0.2) is 35.5 Å². The van der Waals surface area contributed by atoms with Gasteiger partial charge in [-0.2, -0.15) is 0 Å². The van der Waals surface area contributed by atoms with Gasteiger partial charge in [-0.25, -0.2) is 9.98 Å². The highest BCUT2D eigenvalue weighted by atomic mass is 127. The summed E-state index contributed by atoms with van der Waals surface area (Å²) in [5.41, 5.74) is 0.995. The number of nitrogens with one attached hydrogen (secondary N) is 2. The lowest BCUT2D eigenvalue weighted by molar-refractivity contribution is 0.302. The number of aromatic nitrogens is 1. The minimum atomic E-state index is 0. The van der Waals surface area contributed by atoms with Crippen LogP contribution in [0.1, 0.15) is 35.6 Å². The van der Waals surface area contributed by atoms with E-state index in [0.717, 1.165) is 31.0 Å². The Morgan fingerprint density at radius 3 is 2.76 bits per heavy atom. The van der Waals surface area contributed by atoms with Crippen LogP contribution in [0.2, 0.25) is 0 Å². The van der Waals surface area contributed by atoms with Gasteiger partial charge >= 0.3 is 0 Å². The molecule has 2 N–H and O–H groups in total. The lowest BCUT2D eigenvalue weighted by atomic mass is 10.3. The smallest absolute Gasteiger partial charge is 0.218 e. The Kier molecular flexibility index (Phi) is 10.5. The summed E-state index contributed by atoms with van der Waals surface area (Å²) >= 11 is 1.80. The predicted octanol–water partition coefficient (Wildman–Crippen LogP) is 4.11. The molecular weight excluding hydrogens is 447 g/mol. The summed E-state index contributed by atoms with van der Waals surface area (Å²) in [5, 5.41) is 6.65. The van der Waals surface area contributed by atoms with Gasteiger partial charge in [-0.05, 0) is 38.5 Å². The first-order valence-corrected chi connectivity index (χ1v) is 9.18. The summed E-state index contributed by atoms with van der Waals surface area (Å²) in [5.74, 6) is 1.47. The number of thiophene rings is 1. The molecule has 0 bridgehead atoms. The number of halogens is 1. The molecule has 0 aliphatic rings. The molecular formula is C18H27IN4OS. The van der Waals surface area contributed by atoms with Crippen molar-refractivity contribution in [2.24, 2.45) is 4.99 Å². The van der Waals surface area contributed by atoms with Crippen molar-refractivity contribution in [2.45, 2.75) is 40.3 Å². The van der Waals surface area contributed by atoms with Gasteiger partial charge in [-0.3, -0.25) is 0 Å². The third kappa shape index (κ3) is 7.60. The minimum absolute atomic E-state index is 0. The number of rotatable bonds is 8. The van der Waals surface area contributed by atoms with Crippen LogP contribution in [-0.4, -0.2) is 24.1 Å². The molecule has 2 rings (SSSR count). The van der Waals surface area contributed by atoms with Crippen LogP contribution in [-0.2, 0) is 13.1 Å². The first kappa shape index (κ1) is 21.7. The van der Waals surface area contributed by atoms with Gasteiger partial charge < -0.3 is 15.4 Å². The van der Waals surface area contributed by atoms with Crippen molar-refractivity contribution >= 4 is 41.3 Å². The molecule has 0 fully saturated rings. The Balaban J connectivity index is 0.00000312. The number of guanidine groups is 1. The maximum absolute atomic E-state index is 5.69. The summed E-state index contributed by atoms with van der Waals surface area (Å²) in [4.78, 5) is 11.6. The van der Waals surface area contributed by atoms with Crippen LogP contribution < -0.4 is 15.4 Å². The van der Waals surface area contributed by atoms with E-state index in [0.29, 0.717) is 19.0 Å². The second-order valence-corrected chi connectivity index (χ2v) is 6.75. The number of pyridine rings is 1. The lowest BCUT2D eigenvalue weighted by Crippen LogP contribution is -2.36. The topological polar surface area (TPSA) is 58.5 Å². The molecule has 0 radical (unpaired) electrons. The van der Waals surface area contributed by atoms with E-state index in [-0.39, 0.29) is 24.0 Å². The van der Waals surface area contributed by atoms with Crippen molar-refractivity contribution in [2.75, 3.05) is 13.2 Å². The highest BCUT2D eigenvalue weighted by Gasteiger charge is 2.05. The van der Waals surface area contributed by atoms with Gasteiger partial charge in [-0.1, -0.05) is 13.0 Å². The fraction of sp³-hybridized carbons (Fsp3) is 0.444. The summed E-state index contributed by atoms with van der Waals surface area (Å²) in [6.07, 6.45) is 2.71. The van der Waals surface area contributed by atoms with Crippen LogP contribution >= 0.6 is 35.3 Å². The molecule has 7 heteroatoms. The summed E-state index contributed by atoms with van der Waals surface area (Å²) < 4.78 is 5.69. The Bertz CT molecular complexity index is 660. The Hall–Kier alpha value is -1.35. The van der Waals surface area contributed by atoms with E-state index < -0.39 is 0 Å². The molecule has 0 aromatic carbocycles. The molecule has 0 unspecified atom stereocenters. The molecule has 0 aliphatic carbocycles. The quantitative estimate of drug-likeness (QED) is 0.344. The molecule has 2 aromatic heterocycles. The van der Waals surface area contributed by atoms with E-state index in [1.165, 1.54) is 9.75 Å². The molecule has 0 saturated heterocycles. The fourth-order valence-corrected chi connectivity index (χ4v) is 2.96. The summed E-state index contributed by atoms with van der Waals surface area (Å²) in [7, 11) is 0. The molecule has 5 nitrogen and oxygen atoms in total. The van der Waals surface area contributed by atoms with Gasteiger partial charge in [0.15, 0.2) is 5.96 Å². The Morgan fingerprint density at radius 2 is 2.08 bits per heavy atom. The van der Waals surface area contributed by atoms with Gasteiger partial charge in [0.2, 0.25) is 5.88 Å². The van der Waals surface area contributed by atoms with E-state index in [1.807, 2.05) is 12.1 Å². The van der Waals surface area contributed by atoms with Gasteiger partial charge in [0.05, 0.1) is 19.7 Å². The molecule has 2 heterocycles. The number of hydrogen-bond donors (Lipinski definition) is 2. The number of nitrogens with zero attached hydrogens (tertiary/aromatic N) is 2. The van der Waals surface area contributed by atoms with Crippen molar-refractivity contribution in [3.8, 4) is 5.88 Å². The SMILES string of the molecule is CCCOc1ncccc1CN=C(NCC)NCc1ccc(C)s1.I. The molecule has 0 aliphatic heterocycles. The van der Waals surface area contributed by atoms with Crippen molar-refractivity contribution in [3.05, 3.63) is 45.8 Å². The normalized spacial score (nSPS) is 10.9. The number of hydrogen-bond acceptors (Lipinski definition) is 4. The second-order valence-electron chi connectivity index (χ2n) is 5.38. The molecule has 0 atom stereocenters. The van der Waals surface area contributed by atoms with Gasteiger partial charge in [0, 0.05) is 28.1 Å². The highest BCUT2D eigenvalue weighted by Crippen LogP contribution is 2.16. The average Bonchev–Trinajstić information content (AvgIpc) is 3.01. The van der Waals surface area contributed by atoms with E-state index in [4.69, 9.17) is 4.74 Å². The maximum Gasteiger partial charge on any atom is 0.218 e. The molecule has 2 aromatic rings. The standard InChI is InChI=1S/C18H26N4OS.HI/c1-4-11-23-17-15(7-6-10-20-17)12-21-18(19-5-2)22-13-16-9-8-14(3)24-16;/h6-10H,4-5,11-13H2,1-3H3,(H2,19,21,22);1H. The molecule has 138 valence electrons. The largest absolute Gasteiger partial charge is 0.477 e. The molecule has 0 spiro atoms. The second kappa shape index (κ2) is 12.1. The monoisotopic (exact) mass is 474 g/mol. The first-order chi connectivity index (χ1) is 11.7. The van der Waals surface area contributed by atoms with Crippen molar-refractivity contribution in [3.63, 3.8) is 0 Å². The van der Waals surface area contributed by atoms with Crippen LogP contribution in [0.3, 0.4) is 0 Å². The van der Waals surface area contributed by atoms with E-state index in [1.54, 1.807) is 17.5 Å². The third-order valence-corrected chi connectivity index (χ3v) is 4.27. The average molecular weight is 474 g/mol. The van der Waals surface area contributed by atoms with Crippen LogP contribution in [0.5, 0.6) is 5.88 Å². The van der Waals surface area contributed by atoms with E-state index in [9.17, 15) is 0 Å². The van der Waals surface area contributed by atoms with Crippen molar-refractivity contribution in [1.82, 2.24) is 15.6 Å². The van der Waals surface area contributed by atoms with Crippen LogP contribution in [0.4, 0.5) is 0 Å². The van der Waals surface area contributed by atoms with E-state index >= 15 is 0 Å². The number of aryl methyl sites for hydroxylation is 1. The minimum Gasteiger partial charge on any atom is -0.477 e. The summed E-state index contributed by atoms with van der Waals surface area (Å²) in [6.45, 7) is 9.06. The van der Waals surface area contributed by atoms with Crippen molar-refractivity contribution in [1.29, 1.82) is 0 Å². The fourth-order valence-electron chi connectivity index (χ4n) is 2.13. The van der Waals surface area contributed by atoms with Gasteiger partial charge in [-0.15, -0.1) is 35.3 Å². The van der Waals surface area contributed by atoms with Gasteiger partial charge in [0.25, 0.3) is 0 Å². The molecule has 0 saturated carbocycles. The van der Waals surface area contributed by atoms with Crippen LogP contribution in [0, 0.1) is 6.92 Å². The third-order valence-electron chi connectivity index (χ3n) is 3.27. The molecule has 25 heavy (non-hydrogen) atoms. The molecule has 0 amide bonds. The number of ether oxygens (including phenoxy) is 1. The maximum atomic E-state index is 5.69. The Labute approximate surface area is 171 Å². The van der Waals surface area contributed by atoms with Crippen molar-refractivity contribution < 1.29 is 4.74 Å².